The zero-order valence-corrected chi connectivity index (χ0v) is 18.5. The first-order valence-electron chi connectivity index (χ1n) is 10.2. The predicted octanol–water partition coefficient (Wildman–Crippen LogP) is 4.53. The number of benzene rings is 1. The van der Waals surface area contributed by atoms with Crippen LogP contribution in [-0.4, -0.2) is 47.6 Å². The predicted molar refractivity (Wildman–Crippen MR) is 121 cm³/mol. The highest BCUT2D eigenvalue weighted by atomic mass is 35.5. The molecule has 1 aromatic heterocycles. The Morgan fingerprint density at radius 3 is 2.63 bits per heavy atom. The minimum absolute atomic E-state index is 0.161. The van der Waals surface area contributed by atoms with E-state index in [-0.39, 0.29) is 5.91 Å². The number of carbonyl (C=O) groups excluding carboxylic acids is 1. The Kier molecular flexibility index (Phi) is 6.11. The number of piperidine rings is 1. The third kappa shape index (κ3) is 4.68. The molecule has 1 fully saturated rings. The highest BCUT2D eigenvalue weighted by Crippen LogP contribution is 2.27. The molecule has 2 aliphatic heterocycles. The van der Waals surface area contributed by atoms with Gasteiger partial charge in [-0.15, -0.1) is 11.3 Å². The van der Waals surface area contributed by atoms with E-state index in [4.69, 9.17) is 21.8 Å². The summed E-state index contributed by atoms with van der Waals surface area (Å²) in [4.78, 5) is 20.7. The van der Waals surface area contributed by atoms with Crippen molar-refractivity contribution < 1.29 is 9.63 Å². The standard InChI is InChI=1S/C22H25ClN4O2S/c1-22(14-25-21(28)18-9-10-19(23)30-18)13-17(26-29-22)15-5-7-16(8-6-15)20(24)27-11-3-2-4-12-27/h5-10,24H,2-4,11-14H2,1H3,(H,25,28). The van der Waals surface area contributed by atoms with Crippen LogP contribution in [0, 0.1) is 5.41 Å². The molecule has 0 saturated carbocycles. The molecule has 0 spiro atoms. The number of hydrogen-bond donors (Lipinski definition) is 2. The maximum Gasteiger partial charge on any atom is 0.261 e. The van der Waals surface area contributed by atoms with Crippen molar-refractivity contribution in [1.29, 1.82) is 5.41 Å². The number of halogens is 1. The van der Waals surface area contributed by atoms with Gasteiger partial charge in [0, 0.05) is 25.1 Å². The molecule has 2 aromatic rings. The average molecular weight is 445 g/mol. The molecule has 1 atom stereocenters. The molecule has 30 heavy (non-hydrogen) atoms. The van der Waals surface area contributed by atoms with Crippen molar-refractivity contribution in [3.63, 3.8) is 0 Å². The molecule has 158 valence electrons. The lowest BCUT2D eigenvalue weighted by Gasteiger charge is -2.29. The van der Waals surface area contributed by atoms with E-state index in [1.165, 1.54) is 17.8 Å². The zero-order chi connectivity index (χ0) is 21.1. The fraction of sp³-hybridized carbons (Fsp3) is 0.409. The largest absolute Gasteiger partial charge is 0.387 e. The van der Waals surface area contributed by atoms with Crippen LogP contribution >= 0.6 is 22.9 Å². The van der Waals surface area contributed by atoms with Gasteiger partial charge in [0.25, 0.3) is 5.91 Å². The number of amidine groups is 1. The molecular formula is C22H25ClN4O2S. The van der Waals surface area contributed by atoms with E-state index in [0.717, 1.165) is 42.8 Å². The van der Waals surface area contributed by atoms with Crippen LogP contribution in [0.4, 0.5) is 0 Å². The topological polar surface area (TPSA) is 77.8 Å². The highest BCUT2D eigenvalue weighted by Gasteiger charge is 2.35. The number of rotatable bonds is 5. The van der Waals surface area contributed by atoms with E-state index in [1.807, 2.05) is 31.2 Å². The second-order valence-electron chi connectivity index (χ2n) is 8.02. The lowest BCUT2D eigenvalue weighted by atomic mass is 9.95. The van der Waals surface area contributed by atoms with Crippen LogP contribution in [0.25, 0.3) is 0 Å². The molecule has 6 nitrogen and oxygen atoms in total. The molecule has 0 bridgehead atoms. The Morgan fingerprint density at radius 2 is 1.97 bits per heavy atom. The third-order valence-electron chi connectivity index (χ3n) is 5.50. The van der Waals surface area contributed by atoms with Gasteiger partial charge in [-0.05, 0) is 43.9 Å². The minimum Gasteiger partial charge on any atom is -0.387 e. The fourth-order valence-electron chi connectivity index (χ4n) is 3.74. The van der Waals surface area contributed by atoms with Crippen molar-refractivity contribution in [3.8, 4) is 0 Å². The van der Waals surface area contributed by atoms with Crippen molar-refractivity contribution >= 4 is 40.4 Å². The summed E-state index contributed by atoms with van der Waals surface area (Å²) in [7, 11) is 0. The highest BCUT2D eigenvalue weighted by molar-refractivity contribution is 7.18. The molecule has 2 N–H and O–H groups in total. The van der Waals surface area contributed by atoms with Gasteiger partial charge in [0.05, 0.1) is 21.5 Å². The first kappa shape index (κ1) is 20.9. The minimum atomic E-state index is -0.592. The fourth-order valence-corrected chi connectivity index (χ4v) is 4.70. The van der Waals surface area contributed by atoms with E-state index in [9.17, 15) is 4.79 Å². The number of amides is 1. The number of oxime groups is 1. The van der Waals surface area contributed by atoms with Gasteiger partial charge in [0.15, 0.2) is 5.60 Å². The third-order valence-corrected chi connectivity index (χ3v) is 6.73. The summed E-state index contributed by atoms with van der Waals surface area (Å²) < 4.78 is 0.589. The van der Waals surface area contributed by atoms with Crippen LogP contribution in [0.3, 0.4) is 0 Å². The van der Waals surface area contributed by atoms with E-state index < -0.39 is 5.60 Å². The van der Waals surface area contributed by atoms with E-state index in [0.29, 0.717) is 28.0 Å². The molecule has 3 heterocycles. The van der Waals surface area contributed by atoms with Gasteiger partial charge >= 0.3 is 0 Å². The Morgan fingerprint density at radius 1 is 1.23 bits per heavy atom. The average Bonchev–Trinajstić information content (AvgIpc) is 3.39. The summed E-state index contributed by atoms with van der Waals surface area (Å²) in [5.41, 5.74) is 2.16. The molecule has 0 radical (unpaired) electrons. The van der Waals surface area contributed by atoms with Crippen molar-refractivity contribution in [2.45, 2.75) is 38.2 Å². The lowest BCUT2D eigenvalue weighted by molar-refractivity contribution is -0.00178. The summed E-state index contributed by atoms with van der Waals surface area (Å²) in [6.45, 7) is 4.21. The van der Waals surface area contributed by atoms with Crippen molar-refractivity contribution in [2.75, 3.05) is 19.6 Å². The second-order valence-corrected chi connectivity index (χ2v) is 9.73. The summed E-state index contributed by atoms with van der Waals surface area (Å²) in [6, 6.07) is 11.4. The van der Waals surface area contributed by atoms with Crippen LogP contribution in [0.2, 0.25) is 4.34 Å². The molecule has 0 aliphatic carbocycles. The maximum absolute atomic E-state index is 12.3. The molecule has 1 aromatic carbocycles. The van der Waals surface area contributed by atoms with Gasteiger partial charge < -0.3 is 15.1 Å². The summed E-state index contributed by atoms with van der Waals surface area (Å²) in [5, 5.41) is 15.6. The molecule has 1 amide bonds. The zero-order valence-electron chi connectivity index (χ0n) is 16.9. The number of likely N-dealkylation sites (tertiary alicyclic amines) is 1. The van der Waals surface area contributed by atoms with Crippen LogP contribution in [-0.2, 0) is 4.84 Å². The van der Waals surface area contributed by atoms with Gasteiger partial charge in [0.1, 0.15) is 5.84 Å². The summed E-state index contributed by atoms with van der Waals surface area (Å²) >= 11 is 7.15. The number of hydrogen-bond acceptors (Lipinski definition) is 5. The quantitative estimate of drug-likeness (QED) is 0.525. The molecule has 8 heteroatoms. The van der Waals surface area contributed by atoms with Crippen LogP contribution in [0.1, 0.15) is 53.4 Å². The first-order valence-corrected chi connectivity index (χ1v) is 11.4. The number of nitrogens with one attached hydrogen (secondary N) is 2. The Bertz CT molecular complexity index is 966. The van der Waals surface area contributed by atoms with Crippen molar-refractivity contribution in [1.82, 2.24) is 10.2 Å². The van der Waals surface area contributed by atoms with Gasteiger partial charge in [-0.25, -0.2) is 0 Å². The Labute approximate surface area is 185 Å². The van der Waals surface area contributed by atoms with Crippen molar-refractivity contribution in [2.24, 2.45) is 5.16 Å². The normalized spacial score (nSPS) is 21.1. The molecule has 1 unspecified atom stereocenters. The molecule has 4 rings (SSSR count). The van der Waals surface area contributed by atoms with Gasteiger partial charge in [-0.1, -0.05) is 41.0 Å². The van der Waals surface area contributed by atoms with Crippen molar-refractivity contribution in [3.05, 3.63) is 56.7 Å². The number of thiophene rings is 1. The Balaban J connectivity index is 1.34. The molecular weight excluding hydrogens is 420 g/mol. The van der Waals surface area contributed by atoms with E-state index in [1.54, 1.807) is 12.1 Å². The molecule has 2 aliphatic rings. The Hall–Kier alpha value is -2.38. The maximum atomic E-state index is 12.3. The van der Waals surface area contributed by atoms with Gasteiger partial charge in [-0.2, -0.15) is 0 Å². The summed E-state index contributed by atoms with van der Waals surface area (Å²) in [5.74, 6) is 0.429. The number of nitrogens with zero attached hydrogens (tertiary/aromatic N) is 2. The molecule has 1 saturated heterocycles. The van der Waals surface area contributed by atoms with Crippen LogP contribution < -0.4 is 5.32 Å². The monoisotopic (exact) mass is 444 g/mol. The summed E-state index contributed by atoms with van der Waals surface area (Å²) in [6.07, 6.45) is 4.16. The SMILES string of the molecule is CC1(CNC(=O)c2ccc(Cl)s2)CC(c2ccc(C(=N)N3CCCCC3)cc2)=NO1. The second kappa shape index (κ2) is 8.78. The number of carbonyl (C=O) groups is 1. The lowest BCUT2D eigenvalue weighted by Crippen LogP contribution is -2.40. The van der Waals surface area contributed by atoms with E-state index >= 15 is 0 Å². The first-order chi connectivity index (χ1) is 14.4. The van der Waals surface area contributed by atoms with E-state index in [2.05, 4.69) is 15.4 Å². The van der Waals surface area contributed by atoms with Crippen LogP contribution in [0.15, 0.2) is 41.6 Å². The van der Waals surface area contributed by atoms with Crippen LogP contribution in [0.5, 0.6) is 0 Å². The van der Waals surface area contributed by atoms with Gasteiger partial charge in [-0.3, -0.25) is 10.2 Å². The smallest absolute Gasteiger partial charge is 0.261 e. The van der Waals surface area contributed by atoms with Gasteiger partial charge in [0.2, 0.25) is 0 Å².